The molecule has 3 N–H and O–H groups in total. The third-order valence-corrected chi connectivity index (χ3v) is 5.25. The third-order valence-electron chi connectivity index (χ3n) is 4.34. The number of hydrogen-bond acceptors (Lipinski definition) is 5. The standard InChI is InChI=1S/C20H25N5O3S/c1-12(2)28-19-9-7-15(29(21,26)27)10-17(19)23-14(4)24-20-13(3)6-8-18-16(20)11-22-25(18)5/h6-12H,1-5H3,(H,23,24)(H2,21,26,27). The lowest BCUT2D eigenvalue weighted by Crippen LogP contribution is -2.15. The van der Waals surface area contributed by atoms with Crippen LogP contribution in [-0.4, -0.2) is 30.1 Å². The van der Waals surface area contributed by atoms with Gasteiger partial charge in [-0.25, -0.2) is 18.5 Å². The number of primary sulfonamides is 1. The summed E-state index contributed by atoms with van der Waals surface area (Å²) in [5.41, 5.74) is 3.25. The van der Waals surface area contributed by atoms with E-state index >= 15 is 0 Å². The summed E-state index contributed by atoms with van der Waals surface area (Å²) in [5.74, 6) is 1.09. The second kappa shape index (κ2) is 7.84. The van der Waals surface area contributed by atoms with Crippen molar-refractivity contribution in [2.45, 2.75) is 38.7 Å². The molecule has 0 aliphatic rings. The van der Waals surface area contributed by atoms with Crippen LogP contribution in [0.3, 0.4) is 0 Å². The number of aromatic nitrogens is 2. The van der Waals surface area contributed by atoms with Crippen LogP contribution < -0.4 is 15.2 Å². The molecule has 3 aromatic rings. The van der Waals surface area contributed by atoms with E-state index in [1.807, 2.05) is 40.0 Å². The van der Waals surface area contributed by atoms with Gasteiger partial charge in [0.1, 0.15) is 11.6 Å². The van der Waals surface area contributed by atoms with Gasteiger partial charge in [-0.15, -0.1) is 0 Å². The fourth-order valence-electron chi connectivity index (χ4n) is 3.00. The number of fused-ring (bicyclic) bond motifs is 1. The maximum Gasteiger partial charge on any atom is 0.238 e. The summed E-state index contributed by atoms with van der Waals surface area (Å²) in [5, 5.41) is 13.7. The number of nitrogens with two attached hydrogens (primary N) is 1. The molecule has 3 rings (SSSR count). The van der Waals surface area contributed by atoms with Crippen LogP contribution in [0.5, 0.6) is 5.75 Å². The monoisotopic (exact) mass is 415 g/mol. The maximum atomic E-state index is 11.8. The van der Waals surface area contributed by atoms with E-state index in [1.165, 1.54) is 12.1 Å². The average Bonchev–Trinajstić information content (AvgIpc) is 2.99. The molecular formula is C20H25N5O3S. The highest BCUT2D eigenvalue weighted by atomic mass is 32.2. The first-order valence-electron chi connectivity index (χ1n) is 9.13. The van der Waals surface area contributed by atoms with Gasteiger partial charge >= 0.3 is 0 Å². The molecule has 0 fully saturated rings. The smallest absolute Gasteiger partial charge is 0.238 e. The summed E-state index contributed by atoms with van der Waals surface area (Å²) in [4.78, 5) is 4.72. The average molecular weight is 416 g/mol. The maximum absolute atomic E-state index is 11.8. The van der Waals surface area contributed by atoms with E-state index in [-0.39, 0.29) is 11.0 Å². The largest absolute Gasteiger partial charge is 0.489 e. The normalized spacial score (nSPS) is 12.6. The summed E-state index contributed by atoms with van der Waals surface area (Å²) in [7, 11) is -1.96. The van der Waals surface area contributed by atoms with Gasteiger partial charge in [-0.2, -0.15) is 5.10 Å². The van der Waals surface area contributed by atoms with Crippen LogP contribution in [0.1, 0.15) is 26.3 Å². The molecule has 0 spiro atoms. The molecule has 9 heteroatoms. The van der Waals surface area contributed by atoms with Gasteiger partial charge in [0, 0.05) is 12.4 Å². The van der Waals surface area contributed by atoms with Crippen molar-refractivity contribution in [3.8, 4) is 5.75 Å². The van der Waals surface area contributed by atoms with Gasteiger partial charge < -0.3 is 10.1 Å². The molecule has 0 aliphatic carbocycles. The number of aliphatic imine (C=N–C) groups is 1. The van der Waals surface area contributed by atoms with E-state index in [1.54, 1.807) is 23.9 Å². The van der Waals surface area contributed by atoms with Crippen LogP contribution in [-0.2, 0) is 17.1 Å². The minimum absolute atomic E-state index is 0.00514. The second-order valence-electron chi connectivity index (χ2n) is 7.12. The predicted octanol–water partition coefficient (Wildman–Crippen LogP) is 3.48. The van der Waals surface area contributed by atoms with Gasteiger partial charge in [0.2, 0.25) is 10.0 Å². The van der Waals surface area contributed by atoms with Crippen molar-refractivity contribution < 1.29 is 13.2 Å². The van der Waals surface area contributed by atoms with Gasteiger partial charge in [-0.3, -0.25) is 4.68 Å². The van der Waals surface area contributed by atoms with E-state index in [9.17, 15) is 8.42 Å². The highest BCUT2D eigenvalue weighted by Gasteiger charge is 2.14. The van der Waals surface area contributed by atoms with Crippen molar-refractivity contribution in [3.63, 3.8) is 0 Å². The first-order valence-corrected chi connectivity index (χ1v) is 10.7. The van der Waals surface area contributed by atoms with Crippen LogP contribution in [0.2, 0.25) is 0 Å². The fraction of sp³-hybridized carbons (Fsp3) is 0.300. The lowest BCUT2D eigenvalue weighted by molar-refractivity contribution is 0.243. The quantitative estimate of drug-likeness (QED) is 0.489. The molecule has 0 unspecified atom stereocenters. The van der Waals surface area contributed by atoms with Crippen LogP contribution in [0.4, 0.5) is 11.4 Å². The summed E-state index contributed by atoms with van der Waals surface area (Å²) in [6.07, 6.45) is 1.70. The third kappa shape index (κ3) is 4.57. The molecule has 0 atom stereocenters. The summed E-state index contributed by atoms with van der Waals surface area (Å²) in [6, 6.07) is 8.45. The molecule has 0 bridgehead atoms. The van der Waals surface area contributed by atoms with Crippen LogP contribution >= 0.6 is 0 Å². The van der Waals surface area contributed by atoms with Crippen LogP contribution in [0, 0.1) is 6.92 Å². The van der Waals surface area contributed by atoms with Crippen molar-refractivity contribution in [1.29, 1.82) is 0 Å². The van der Waals surface area contributed by atoms with Gasteiger partial charge in [0.15, 0.2) is 0 Å². The first kappa shape index (κ1) is 20.8. The molecule has 29 heavy (non-hydrogen) atoms. The van der Waals surface area contributed by atoms with Gasteiger partial charge in [0.05, 0.1) is 34.1 Å². The lowest BCUT2D eigenvalue weighted by Gasteiger charge is -2.16. The Balaban J connectivity index is 2.04. The molecule has 1 aromatic heterocycles. The zero-order chi connectivity index (χ0) is 21.3. The zero-order valence-corrected chi connectivity index (χ0v) is 17.9. The van der Waals surface area contributed by atoms with Gasteiger partial charge in [-0.1, -0.05) is 6.07 Å². The lowest BCUT2D eigenvalue weighted by atomic mass is 10.1. The van der Waals surface area contributed by atoms with Crippen molar-refractivity contribution in [1.82, 2.24) is 9.78 Å². The number of ether oxygens (including phenoxy) is 1. The van der Waals surface area contributed by atoms with Crippen molar-refractivity contribution in [2.75, 3.05) is 5.32 Å². The van der Waals surface area contributed by atoms with E-state index in [0.717, 1.165) is 22.2 Å². The van der Waals surface area contributed by atoms with Crippen molar-refractivity contribution in [3.05, 3.63) is 42.1 Å². The first-order chi connectivity index (χ1) is 13.6. The Morgan fingerprint density at radius 1 is 1.28 bits per heavy atom. The van der Waals surface area contributed by atoms with Crippen LogP contribution in [0.15, 0.2) is 46.4 Å². The van der Waals surface area contributed by atoms with E-state index in [2.05, 4.69) is 10.4 Å². The molecular weight excluding hydrogens is 390 g/mol. The van der Waals surface area contributed by atoms with E-state index < -0.39 is 10.0 Å². The highest BCUT2D eigenvalue weighted by molar-refractivity contribution is 7.89. The molecule has 154 valence electrons. The Kier molecular flexibility index (Phi) is 5.63. The zero-order valence-electron chi connectivity index (χ0n) is 17.1. The number of rotatable bonds is 5. The Morgan fingerprint density at radius 2 is 2.00 bits per heavy atom. The van der Waals surface area contributed by atoms with E-state index in [4.69, 9.17) is 14.9 Å². The summed E-state index contributed by atoms with van der Waals surface area (Å²) >= 11 is 0. The number of amidine groups is 1. The number of aryl methyl sites for hydroxylation is 2. The van der Waals surface area contributed by atoms with Crippen molar-refractivity contribution >= 4 is 38.1 Å². The topological polar surface area (TPSA) is 112 Å². The minimum Gasteiger partial charge on any atom is -0.489 e. The minimum atomic E-state index is -3.84. The van der Waals surface area contributed by atoms with Gasteiger partial charge in [0.25, 0.3) is 0 Å². The van der Waals surface area contributed by atoms with Crippen LogP contribution in [0.25, 0.3) is 10.9 Å². The highest BCUT2D eigenvalue weighted by Crippen LogP contribution is 2.31. The Labute approximate surface area is 170 Å². The summed E-state index contributed by atoms with van der Waals surface area (Å²) in [6.45, 7) is 7.57. The van der Waals surface area contributed by atoms with E-state index in [0.29, 0.717) is 17.3 Å². The number of benzene rings is 2. The molecule has 2 aromatic carbocycles. The predicted molar refractivity (Wildman–Crippen MR) is 115 cm³/mol. The number of sulfonamides is 1. The molecule has 0 aliphatic heterocycles. The fourth-order valence-corrected chi connectivity index (χ4v) is 3.54. The molecule has 1 heterocycles. The summed E-state index contributed by atoms with van der Waals surface area (Å²) < 4.78 is 31.1. The molecule has 0 saturated heterocycles. The Morgan fingerprint density at radius 3 is 2.66 bits per heavy atom. The number of nitrogens with one attached hydrogen (secondary N) is 1. The second-order valence-corrected chi connectivity index (χ2v) is 8.69. The Bertz CT molecular complexity index is 1200. The molecule has 0 amide bonds. The number of nitrogens with zero attached hydrogens (tertiary/aromatic N) is 3. The molecule has 0 radical (unpaired) electrons. The number of anilines is 1. The number of hydrogen-bond donors (Lipinski definition) is 2. The molecule has 8 nitrogen and oxygen atoms in total. The van der Waals surface area contributed by atoms with Gasteiger partial charge in [-0.05, 0) is 57.5 Å². The Hall–Kier alpha value is -2.91. The van der Waals surface area contributed by atoms with Crippen molar-refractivity contribution in [2.24, 2.45) is 17.2 Å². The molecule has 0 saturated carbocycles. The SMILES string of the molecule is CC(=Nc1c(C)ccc2c1cnn2C)Nc1cc(S(N)(=O)=O)ccc1OC(C)C.